The lowest BCUT2D eigenvalue weighted by Crippen LogP contribution is -2.55. The lowest BCUT2D eigenvalue weighted by Gasteiger charge is -2.42. The van der Waals surface area contributed by atoms with Gasteiger partial charge in [-0.05, 0) is 43.5 Å². The number of piperidine rings is 1. The Bertz CT molecular complexity index is 1150. The van der Waals surface area contributed by atoms with Crippen LogP contribution in [0.4, 0.5) is 25.8 Å². The molecule has 2 aromatic carbocycles. The van der Waals surface area contributed by atoms with E-state index < -0.39 is 17.2 Å². The van der Waals surface area contributed by atoms with E-state index in [0.717, 1.165) is 25.9 Å². The Hall–Kier alpha value is -3.37. The first-order valence-corrected chi connectivity index (χ1v) is 11.7. The van der Waals surface area contributed by atoms with Crippen LogP contribution in [0.25, 0.3) is 5.57 Å². The molecule has 1 fully saturated rings. The summed E-state index contributed by atoms with van der Waals surface area (Å²) in [6, 6.07) is 8.26. The Morgan fingerprint density at radius 1 is 1.09 bits per heavy atom. The summed E-state index contributed by atoms with van der Waals surface area (Å²) in [6.07, 6.45) is 3.38. The average molecular weight is 485 g/mol. The number of nitrogens with zero attached hydrogens (tertiary/aromatic N) is 3. The van der Waals surface area contributed by atoms with Gasteiger partial charge in [0.15, 0.2) is 5.96 Å². The van der Waals surface area contributed by atoms with Gasteiger partial charge in [0.1, 0.15) is 11.6 Å². The lowest BCUT2D eigenvalue weighted by molar-refractivity contribution is 0.298. The topological polar surface area (TPSA) is 107 Å². The van der Waals surface area contributed by atoms with Crippen molar-refractivity contribution in [3.05, 3.63) is 59.3 Å². The number of aliphatic imine (C=N–C) groups is 1. The van der Waals surface area contributed by atoms with Crippen molar-refractivity contribution in [2.75, 3.05) is 49.9 Å². The van der Waals surface area contributed by atoms with Gasteiger partial charge >= 0.3 is 0 Å². The minimum absolute atomic E-state index is 0.171. The van der Waals surface area contributed by atoms with E-state index in [9.17, 15) is 4.39 Å². The minimum atomic E-state index is -0.967. The van der Waals surface area contributed by atoms with E-state index in [0.29, 0.717) is 39.7 Å². The van der Waals surface area contributed by atoms with Gasteiger partial charge in [-0.3, -0.25) is 0 Å². The van der Waals surface area contributed by atoms with Gasteiger partial charge in [0.05, 0.1) is 22.6 Å². The van der Waals surface area contributed by atoms with E-state index in [2.05, 4.69) is 25.8 Å². The number of likely N-dealkylation sites (tertiary alicyclic amines) is 1. The molecule has 10 heteroatoms. The monoisotopic (exact) mass is 484 g/mol. The maximum atomic E-state index is 15.5. The molecule has 4 rings (SSSR count). The first-order chi connectivity index (χ1) is 16.7. The maximum Gasteiger partial charge on any atom is 0.199 e. The average Bonchev–Trinajstić information content (AvgIpc) is 2.84. The standard InChI is InChI=1S/C25H34F2N8/c1-25(15-5-6-21(30-2)20(27)11-15)18(14-32-24(33-25)35-9-7-16(28)8-10-35)17-12-22(31-3)23(34(4)29)13-19(17)26/h5-6,11-14,16,30-31H,7-10,28-29H2,1-4H3,(H,32,33)/t25-/m1/s1. The lowest BCUT2D eigenvalue weighted by atomic mass is 9.79. The smallest absolute Gasteiger partial charge is 0.199 e. The molecule has 1 saturated heterocycles. The summed E-state index contributed by atoms with van der Waals surface area (Å²) in [5.41, 5.74) is 8.24. The van der Waals surface area contributed by atoms with Crippen LogP contribution >= 0.6 is 0 Å². The van der Waals surface area contributed by atoms with Crippen LogP contribution in [0.3, 0.4) is 0 Å². The number of anilines is 3. The zero-order valence-electron chi connectivity index (χ0n) is 20.6. The third-order valence-corrected chi connectivity index (χ3v) is 6.90. The molecule has 2 aliphatic rings. The zero-order chi connectivity index (χ0) is 25.3. The van der Waals surface area contributed by atoms with E-state index in [1.807, 2.05) is 13.0 Å². The Balaban J connectivity index is 1.85. The van der Waals surface area contributed by atoms with E-state index >= 15 is 4.39 Å². The SMILES string of the molecule is CNc1ccc([C@@]2(C)NC(N3CCC(N)CC3)=NC=C2c2cc(NC)c(N(C)N)cc2F)cc1F. The van der Waals surface area contributed by atoms with Gasteiger partial charge in [-0.15, -0.1) is 0 Å². The number of nitrogens with two attached hydrogens (primary N) is 2. The van der Waals surface area contributed by atoms with Crippen molar-refractivity contribution in [3.63, 3.8) is 0 Å². The Morgan fingerprint density at radius 3 is 2.37 bits per heavy atom. The van der Waals surface area contributed by atoms with Crippen molar-refractivity contribution in [1.29, 1.82) is 0 Å². The van der Waals surface area contributed by atoms with Crippen molar-refractivity contribution >= 4 is 28.6 Å². The maximum absolute atomic E-state index is 15.5. The van der Waals surface area contributed by atoms with Crippen molar-refractivity contribution in [1.82, 2.24) is 10.2 Å². The number of benzene rings is 2. The zero-order valence-corrected chi connectivity index (χ0v) is 20.6. The largest absolute Gasteiger partial charge is 0.386 e. The molecule has 2 aliphatic heterocycles. The molecule has 0 unspecified atom stereocenters. The molecule has 0 bridgehead atoms. The highest BCUT2D eigenvalue weighted by Gasteiger charge is 2.39. The van der Waals surface area contributed by atoms with Crippen LogP contribution in [-0.4, -0.2) is 51.1 Å². The normalized spacial score (nSPS) is 20.6. The summed E-state index contributed by atoms with van der Waals surface area (Å²) < 4.78 is 30.4. The quantitative estimate of drug-likeness (QED) is 0.328. The highest BCUT2D eigenvalue weighted by Crippen LogP contribution is 2.42. The van der Waals surface area contributed by atoms with Gasteiger partial charge in [0, 0.05) is 63.7 Å². The van der Waals surface area contributed by atoms with E-state index in [-0.39, 0.29) is 6.04 Å². The van der Waals surface area contributed by atoms with Crippen molar-refractivity contribution in [2.24, 2.45) is 16.6 Å². The second-order valence-electron chi connectivity index (χ2n) is 9.22. The highest BCUT2D eigenvalue weighted by atomic mass is 19.1. The van der Waals surface area contributed by atoms with Crippen molar-refractivity contribution in [2.45, 2.75) is 31.3 Å². The van der Waals surface area contributed by atoms with Crippen LogP contribution in [-0.2, 0) is 5.54 Å². The molecule has 2 aromatic rings. The number of halogens is 2. The second kappa shape index (κ2) is 9.71. The molecular weight excluding hydrogens is 450 g/mol. The summed E-state index contributed by atoms with van der Waals surface area (Å²) >= 11 is 0. The number of nitrogens with one attached hydrogen (secondary N) is 3. The predicted molar refractivity (Wildman–Crippen MR) is 139 cm³/mol. The first kappa shape index (κ1) is 24.7. The molecule has 0 spiro atoms. The fourth-order valence-electron chi connectivity index (χ4n) is 4.71. The number of guanidine groups is 1. The summed E-state index contributed by atoms with van der Waals surface area (Å²) in [7, 11) is 5.06. The van der Waals surface area contributed by atoms with Crippen LogP contribution in [0.2, 0.25) is 0 Å². The molecule has 0 radical (unpaired) electrons. The van der Waals surface area contributed by atoms with Crippen LogP contribution in [0, 0.1) is 11.6 Å². The molecule has 8 nitrogen and oxygen atoms in total. The van der Waals surface area contributed by atoms with Crippen LogP contribution in [0.5, 0.6) is 0 Å². The minimum Gasteiger partial charge on any atom is -0.386 e. The Morgan fingerprint density at radius 2 is 1.77 bits per heavy atom. The summed E-state index contributed by atoms with van der Waals surface area (Å²) in [4.78, 5) is 6.80. The van der Waals surface area contributed by atoms with Crippen LogP contribution in [0.1, 0.15) is 30.9 Å². The van der Waals surface area contributed by atoms with Gasteiger partial charge < -0.3 is 31.6 Å². The molecule has 1 atom stereocenters. The van der Waals surface area contributed by atoms with Crippen molar-refractivity contribution < 1.29 is 8.78 Å². The van der Waals surface area contributed by atoms with E-state index in [1.165, 1.54) is 17.1 Å². The molecule has 0 aromatic heterocycles. The van der Waals surface area contributed by atoms with Gasteiger partial charge in [0.2, 0.25) is 0 Å². The molecule has 35 heavy (non-hydrogen) atoms. The fraction of sp³-hybridized carbons (Fsp3) is 0.400. The van der Waals surface area contributed by atoms with Crippen molar-refractivity contribution in [3.8, 4) is 0 Å². The highest BCUT2D eigenvalue weighted by molar-refractivity contribution is 5.91. The molecule has 7 N–H and O–H groups in total. The van der Waals surface area contributed by atoms with Gasteiger partial charge in [0.25, 0.3) is 0 Å². The van der Waals surface area contributed by atoms with Gasteiger partial charge in [-0.25, -0.2) is 19.6 Å². The summed E-state index contributed by atoms with van der Waals surface area (Å²) in [6.45, 7) is 3.43. The Labute approximate surface area is 205 Å². The molecule has 0 saturated carbocycles. The molecule has 188 valence electrons. The number of hydrazine groups is 1. The summed E-state index contributed by atoms with van der Waals surface area (Å²) in [5.74, 6) is 5.72. The van der Waals surface area contributed by atoms with Crippen LogP contribution < -0.4 is 32.5 Å². The number of hydrogen-bond donors (Lipinski definition) is 5. The van der Waals surface area contributed by atoms with Gasteiger partial charge in [-0.2, -0.15) is 0 Å². The third-order valence-electron chi connectivity index (χ3n) is 6.90. The van der Waals surface area contributed by atoms with Crippen LogP contribution in [0.15, 0.2) is 41.5 Å². The number of hydrogen-bond acceptors (Lipinski definition) is 8. The fourth-order valence-corrected chi connectivity index (χ4v) is 4.71. The molecule has 2 heterocycles. The first-order valence-electron chi connectivity index (χ1n) is 11.7. The van der Waals surface area contributed by atoms with E-state index in [1.54, 1.807) is 39.5 Å². The van der Waals surface area contributed by atoms with Gasteiger partial charge in [-0.1, -0.05) is 6.07 Å². The second-order valence-corrected chi connectivity index (χ2v) is 9.22. The summed E-state index contributed by atoms with van der Waals surface area (Å²) in [5, 5.41) is 10.8. The molecule has 0 amide bonds. The van der Waals surface area contributed by atoms with E-state index in [4.69, 9.17) is 11.6 Å². The Kier molecular flexibility index (Phi) is 6.86. The predicted octanol–water partition coefficient (Wildman–Crippen LogP) is 3.00. The molecule has 0 aliphatic carbocycles. The molecular formula is C25H34F2N8. The number of rotatable bonds is 5. The third kappa shape index (κ3) is 4.63.